The minimum absolute atomic E-state index is 0.131. The van der Waals surface area contributed by atoms with Crippen LogP contribution in [0.4, 0.5) is 10.3 Å². The zero-order valence-corrected chi connectivity index (χ0v) is 10.9. The van der Waals surface area contributed by atoms with Crippen molar-refractivity contribution >= 4 is 5.95 Å². The summed E-state index contributed by atoms with van der Waals surface area (Å²) in [5.41, 5.74) is 0.496. The highest BCUT2D eigenvalue weighted by molar-refractivity contribution is 5.63. The van der Waals surface area contributed by atoms with Crippen molar-refractivity contribution in [3.8, 4) is 17.1 Å². The van der Waals surface area contributed by atoms with Gasteiger partial charge in [-0.15, -0.1) is 0 Å². The summed E-state index contributed by atoms with van der Waals surface area (Å²) in [7, 11) is 1.51. The molecule has 6 heteroatoms. The fraction of sp³-hybridized carbons (Fsp3) is 0.308. The Kier molecular flexibility index (Phi) is 4.22. The zero-order valence-electron chi connectivity index (χ0n) is 10.9. The standard InChI is InChI=1S/C13H15FN4O/c1-3-6-16-13-17-8-9(14)11(18-13)12-10(19-2)5-4-7-15-12/h4-5,7-8H,3,6H2,1-2H3,(H,16,17,18). The quantitative estimate of drug-likeness (QED) is 0.897. The van der Waals surface area contributed by atoms with Crippen molar-refractivity contribution in [1.82, 2.24) is 15.0 Å². The topological polar surface area (TPSA) is 59.9 Å². The van der Waals surface area contributed by atoms with Gasteiger partial charge in [-0.05, 0) is 18.6 Å². The zero-order chi connectivity index (χ0) is 13.7. The summed E-state index contributed by atoms with van der Waals surface area (Å²) in [4.78, 5) is 12.2. The molecule has 0 amide bonds. The van der Waals surface area contributed by atoms with Gasteiger partial charge < -0.3 is 10.1 Å². The van der Waals surface area contributed by atoms with Gasteiger partial charge >= 0.3 is 0 Å². The molecule has 0 bridgehead atoms. The third kappa shape index (κ3) is 2.96. The second kappa shape index (κ2) is 6.08. The fourth-order valence-electron chi connectivity index (χ4n) is 1.59. The van der Waals surface area contributed by atoms with Crippen LogP contribution in [0.3, 0.4) is 0 Å². The fourth-order valence-corrected chi connectivity index (χ4v) is 1.59. The molecule has 0 aliphatic rings. The van der Waals surface area contributed by atoms with E-state index in [0.717, 1.165) is 19.2 Å². The molecular weight excluding hydrogens is 247 g/mol. The molecule has 100 valence electrons. The van der Waals surface area contributed by atoms with Crippen LogP contribution < -0.4 is 10.1 Å². The third-order valence-corrected chi connectivity index (χ3v) is 2.49. The number of nitrogens with zero attached hydrogens (tertiary/aromatic N) is 3. The molecule has 0 aliphatic carbocycles. The minimum atomic E-state index is -0.529. The van der Waals surface area contributed by atoms with Crippen molar-refractivity contribution in [2.45, 2.75) is 13.3 Å². The molecule has 0 unspecified atom stereocenters. The monoisotopic (exact) mass is 262 g/mol. The molecule has 5 nitrogen and oxygen atoms in total. The van der Waals surface area contributed by atoms with E-state index in [9.17, 15) is 4.39 Å². The van der Waals surface area contributed by atoms with E-state index in [0.29, 0.717) is 17.4 Å². The maximum atomic E-state index is 13.8. The van der Waals surface area contributed by atoms with Crippen molar-refractivity contribution in [2.75, 3.05) is 19.0 Å². The van der Waals surface area contributed by atoms with Crippen LogP contribution in [-0.2, 0) is 0 Å². The van der Waals surface area contributed by atoms with Crippen LogP contribution in [0, 0.1) is 5.82 Å². The Hall–Kier alpha value is -2.24. The van der Waals surface area contributed by atoms with E-state index in [1.807, 2.05) is 6.92 Å². The van der Waals surface area contributed by atoms with Gasteiger partial charge in [0.1, 0.15) is 17.1 Å². The number of halogens is 1. The van der Waals surface area contributed by atoms with E-state index in [2.05, 4.69) is 20.3 Å². The van der Waals surface area contributed by atoms with E-state index in [4.69, 9.17) is 4.74 Å². The highest BCUT2D eigenvalue weighted by Gasteiger charge is 2.14. The van der Waals surface area contributed by atoms with Crippen molar-refractivity contribution in [3.63, 3.8) is 0 Å². The largest absolute Gasteiger partial charge is 0.494 e. The van der Waals surface area contributed by atoms with Gasteiger partial charge in [0.15, 0.2) is 5.82 Å². The van der Waals surface area contributed by atoms with Crippen LogP contribution in [0.5, 0.6) is 5.75 Å². The summed E-state index contributed by atoms with van der Waals surface area (Å²) < 4.78 is 19.0. The lowest BCUT2D eigenvalue weighted by Crippen LogP contribution is -2.06. The number of ether oxygens (including phenoxy) is 1. The molecule has 0 aliphatic heterocycles. The Labute approximate surface area is 110 Å². The highest BCUT2D eigenvalue weighted by Crippen LogP contribution is 2.27. The van der Waals surface area contributed by atoms with Gasteiger partial charge in [0.2, 0.25) is 5.95 Å². The van der Waals surface area contributed by atoms with Crippen molar-refractivity contribution in [3.05, 3.63) is 30.3 Å². The van der Waals surface area contributed by atoms with E-state index < -0.39 is 5.82 Å². The number of nitrogens with one attached hydrogen (secondary N) is 1. The molecule has 2 aromatic heterocycles. The number of methoxy groups -OCH3 is 1. The van der Waals surface area contributed by atoms with Crippen molar-refractivity contribution in [2.24, 2.45) is 0 Å². The van der Waals surface area contributed by atoms with Crippen LogP contribution in [-0.4, -0.2) is 28.6 Å². The molecule has 19 heavy (non-hydrogen) atoms. The molecule has 2 aromatic rings. The van der Waals surface area contributed by atoms with Crippen LogP contribution in [0.15, 0.2) is 24.5 Å². The van der Waals surface area contributed by atoms with Gasteiger partial charge in [0, 0.05) is 12.7 Å². The Balaban J connectivity index is 2.42. The Bertz CT molecular complexity index is 562. The second-order valence-corrected chi connectivity index (χ2v) is 3.87. The number of hydrogen-bond donors (Lipinski definition) is 1. The number of pyridine rings is 1. The number of aromatic nitrogens is 3. The summed E-state index contributed by atoms with van der Waals surface area (Å²) in [5.74, 6) is 0.326. The first-order chi connectivity index (χ1) is 9.26. The highest BCUT2D eigenvalue weighted by atomic mass is 19.1. The Morgan fingerprint density at radius 2 is 2.16 bits per heavy atom. The SMILES string of the molecule is CCCNc1ncc(F)c(-c2ncccc2OC)n1. The molecule has 0 saturated heterocycles. The summed E-state index contributed by atoms with van der Waals surface area (Å²) in [6, 6.07) is 3.43. The van der Waals surface area contributed by atoms with Gasteiger partial charge in [0.25, 0.3) is 0 Å². The molecular formula is C13H15FN4O. The van der Waals surface area contributed by atoms with Crippen LogP contribution in [0.2, 0.25) is 0 Å². The minimum Gasteiger partial charge on any atom is -0.494 e. The molecule has 0 aromatic carbocycles. The van der Waals surface area contributed by atoms with Crippen molar-refractivity contribution < 1.29 is 9.13 Å². The third-order valence-electron chi connectivity index (χ3n) is 2.49. The van der Waals surface area contributed by atoms with Gasteiger partial charge in [0.05, 0.1) is 13.3 Å². The average Bonchev–Trinajstić information content (AvgIpc) is 2.46. The number of rotatable bonds is 5. The number of anilines is 1. The molecule has 0 radical (unpaired) electrons. The lowest BCUT2D eigenvalue weighted by Gasteiger charge is -2.09. The molecule has 2 heterocycles. The average molecular weight is 262 g/mol. The molecule has 2 rings (SSSR count). The van der Waals surface area contributed by atoms with Gasteiger partial charge in [-0.1, -0.05) is 6.92 Å². The van der Waals surface area contributed by atoms with E-state index in [-0.39, 0.29) is 5.69 Å². The maximum Gasteiger partial charge on any atom is 0.223 e. The lowest BCUT2D eigenvalue weighted by molar-refractivity contribution is 0.414. The van der Waals surface area contributed by atoms with Crippen LogP contribution in [0.25, 0.3) is 11.4 Å². The van der Waals surface area contributed by atoms with Crippen LogP contribution >= 0.6 is 0 Å². The predicted octanol–water partition coefficient (Wildman–Crippen LogP) is 2.51. The maximum absolute atomic E-state index is 13.8. The molecule has 0 spiro atoms. The van der Waals surface area contributed by atoms with Gasteiger partial charge in [-0.25, -0.2) is 14.4 Å². The summed E-state index contributed by atoms with van der Waals surface area (Å²) in [6.07, 6.45) is 3.63. The normalized spacial score (nSPS) is 10.3. The second-order valence-electron chi connectivity index (χ2n) is 3.87. The van der Waals surface area contributed by atoms with E-state index in [1.165, 1.54) is 7.11 Å². The first-order valence-electron chi connectivity index (χ1n) is 6.02. The first-order valence-corrected chi connectivity index (χ1v) is 6.02. The summed E-state index contributed by atoms with van der Waals surface area (Å²) >= 11 is 0. The predicted molar refractivity (Wildman–Crippen MR) is 70.6 cm³/mol. The molecule has 0 saturated carbocycles. The summed E-state index contributed by atoms with van der Waals surface area (Å²) in [6.45, 7) is 2.75. The van der Waals surface area contributed by atoms with Crippen molar-refractivity contribution in [1.29, 1.82) is 0 Å². The van der Waals surface area contributed by atoms with E-state index in [1.54, 1.807) is 18.3 Å². The summed E-state index contributed by atoms with van der Waals surface area (Å²) in [5, 5.41) is 3.01. The van der Waals surface area contributed by atoms with Crippen LogP contribution in [0.1, 0.15) is 13.3 Å². The van der Waals surface area contributed by atoms with E-state index >= 15 is 0 Å². The molecule has 1 N–H and O–H groups in total. The molecule has 0 fully saturated rings. The number of hydrogen-bond acceptors (Lipinski definition) is 5. The van der Waals surface area contributed by atoms with Gasteiger partial charge in [-0.2, -0.15) is 0 Å². The lowest BCUT2D eigenvalue weighted by atomic mass is 10.2. The first kappa shape index (κ1) is 13.2. The Morgan fingerprint density at radius 3 is 2.89 bits per heavy atom. The molecule has 0 atom stereocenters. The van der Waals surface area contributed by atoms with Gasteiger partial charge in [-0.3, -0.25) is 4.98 Å². The Morgan fingerprint density at radius 1 is 1.32 bits per heavy atom. The smallest absolute Gasteiger partial charge is 0.223 e.